The van der Waals surface area contributed by atoms with Crippen LogP contribution in [0.5, 0.6) is 0 Å². The van der Waals surface area contributed by atoms with Crippen LogP contribution in [-0.4, -0.2) is 22.4 Å². The van der Waals surface area contributed by atoms with E-state index < -0.39 is 5.66 Å². The van der Waals surface area contributed by atoms with E-state index in [1.165, 1.54) is 6.92 Å². The molecule has 0 radical (unpaired) electrons. The van der Waals surface area contributed by atoms with Crippen LogP contribution in [0.4, 0.5) is 0 Å². The first-order valence-electron chi connectivity index (χ1n) is 3.30. The molecule has 0 rings (SSSR count). The maximum Gasteiger partial charge on any atom is 0.165 e. The number of hydrogen-bond donors (Lipinski definition) is 4. The Balaban J connectivity index is 4.17. The normalized spacial score (nSPS) is 14.6. The van der Waals surface area contributed by atoms with Crippen molar-refractivity contribution in [3.8, 4) is 0 Å². The summed E-state index contributed by atoms with van der Waals surface area (Å²) >= 11 is 8.10. The quantitative estimate of drug-likeness (QED) is 0.370. The largest absolute Gasteiger partial charge is 0.306 e. The van der Waals surface area contributed by atoms with E-state index in [-0.39, 0.29) is 11.0 Å². The number of thiol groups is 2. The Kier molecular flexibility index (Phi) is 4.46. The Morgan fingerprint density at radius 2 is 2.09 bits per heavy atom. The maximum absolute atomic E-state index is 10.9. The van der Waals surface area contributed by atoms with Crippen molar-refractivity contribution in [2.24, 2.45) is 11.5 Å². The molecule has 0 saturated heterocycles. The van der Waals surface area contributed by atoms with Gasteiger partial charge in [0.05, 0.1) is 0 Å². The molecule has 3 nitrogen and oxygen atoms in total. The molecule has 4 N–H and O–H groups in total. The third-order valence-corrected chi connectivity index (χ3v) is 2.51. The minimum atomic E-state index is -1.31. The van der Waals surface area contributed by atoms with Gasteiger partial charge in [-0.1, -0.05) is 0 Å². The van der Waals surface area contributed by atoms with Gasteiger partial charge in [-0.25, -0.2) is 0 Å². The van der Waals surface area contributed by atoms with Gasteiger partial charge in [-0.15, -0.1) is 0 Å². The SMILES string of the molecule is CC(=O)C(N)(N)C(S)CCS. The average molecular weight is 194 g/mol. The zero-order valence-electron chi connectivity index (χ0n) is 6.45. The van der Waals surface area contributed by atoms with E-state index in [1.54, 1.807) is 0 Å². The lowest BCUT2D eigenvalue weighted by Gasteiger charge is -2.27. The Morgan fingerprint density at radius 1 is 1.64 bits per heavy atom. The topological polar surface area (TPSA) is 69.1 Å². The number of hydrogen-bond acceptors (Lipinski definition) is 5. The molecule has 0 aliphatic heterocycles. The van der Waals surface area contributed by atoms with Crippen LogP contribution in [0, 0.1) is 0 Å². The first-order chi connectivity index (χ1) is 4.92. The van der Waals surface area contributed by atoms with Crippen LogP contribution >= 0.6 is 25.3 Å². The van der Waals surface area contributed by atoms with Crippen molar-refractivity contribution in [3.63, 3.8) is 0 Å². The number of nitrogens with two attached hydrogens (primary N) is 2. The number of carbonyl (C=O) groups excluding carboxylic acids is 1. The molecule has 0 amide bonds. The molecule has 0 aromatic carbocycles. The van der Waals surface area contributed by atoms with Crippen LogP contribution in [-0.2, 0) is 4.79 Å². The summed E-state index contributed by atoms with van der Waals surface area (Å²) in [5.74, 6) is 0.372. The molecule has 66 valence electrons. The van der Waals surface area contributed by atoms with E-state index >= 15 is 0 Å². The van der Waals surface area contributed by atoms with Crippen LogP contribution < -0.4 is 11.5 Å². The van der Waals surface area contributed by atoms with Crippen molar-refractivity contribution in [3.05, 3.63) is 0 Å². The molecule has 0 spiro atoms. The van der Waals surface area contributed by atoms with Crippen molar-refractivity contribution in [1.29, 1.82) is 0 Å². The fraction of sp³-hybridized carbons (Fsp3) is 0.833. The summed E-state index contributed by atoms with van der Waals surface area (Å²) in [7, 11) is 0. The van der Waals surface area contributed by atoms with E-state index in [2.05, 4.69) is 25.3 Å². The zero-order chi connectivity index (χ0) is 9.07. The molecule has 0 heterocycles. The predicted octanol–water partition coefficient (Wildman–Crippen LogP) is -0.193. The molecule has 0 fully saturated rings. The lowest BCUT2D eigenvalue weighted by Crippen LogP contribution is -2.62. The molecule has 11 heavy (non-hydrogen) atoms. The van der Waals surface area contributed by atoms with Gasteiger partial charge in [0.25, 0.3) is 0 Å². The Labute approximate surface area is 77.7 Å². The highest BCUT2D eigenvalue weighted by Gasteiger charge is 2.32. The van der Waals surface area contributed by atoms with Gasteiger partial charge in [0.2, 0.25) is 0 Å². The van der Waals surface area contributed by atoms with Crippen LogP contribution in [0.1, 0.15) is 13.3 Å². The fourth-order valence-electron chi connectivity index (χ4n) is 0.596. The average Bonchev–Trinajstić information content (AvgIpc) is 1.88. The first-order valence-corrected chi connectivity index (χ1v) is 4.45. The second kappa shape index (κ2) is 4.35. The summed E-state index contributed by atoms with van der Waals surface area (Å²) in [6, 6.07) is 0. The maximum atomic E-state index is 10.9. The summed E-state index contributed by atoms with van der Waals surface area (Å²) in [5, 5.41) is -0.322. The predicted molar refractivity (Wildman–Crippen MR) is 53.0 cm³/mol. The second-order valence-corrected chi connectivity index (χ2v) is 3.59. The van der Waals surface area contributed by atoms with Crippen LogP contribution in [0.25, 0.3) is 0 Å². The highest BCUT2D eigenvalue weighted by molar-refractivity contribution is 7.81. The van der Waals surface area contributed by atoms with Crippen molar-refractivity contribution in [2.45, 2.75) is 24.3 Å². The standard InChI is InChI=1S/C6H14N2OS2/c1-4(9)6(7,8)5(11)2-3-10/h5,10-11H,2-3,7-8H2,1H3. The molecule has 5 heteroatoms. The van der Waals surface area contributed by atoms with Gasteiger partial charge in [-0.05, 0) is 19.1 Å². The van der Waals surface area contributed by atoms with E-state index in [0.29, 0.717) is 12.2 Å². The molecular weight excluding hydrogens is 180 g/mol. The number of ketones is 1. The van der Waals surface area contributed by atoms with Gasteiger partial charge in [0.15, 0.2) is 5.78 Å². The minimum absolute atomic E-state index is 0.251. The van der Waals surface area contributed by atoms with Gasteiger partial charge in [0, 0.05) is 5.25 Å². The van der Waals surface area contributed by atoms with Gasteiger partial charge in [-0.2, -0.15) is 25.3 Å². The van der Waals surface area contributed by atoms with Gasteiger partial charge in [-0.3, -0.25) is 4.79 Å². The van der Waals surface area contributed by atoms with Crippen LogP contribution in [0.15, 0.2) is 0 Å². The van der Waals surface area contributed by atoms with E-state index in [9.17, 15) is 4.79 Å². The van der Waals surface area contributed by atoms with Crippen molar-refractivity contribution in [2.75, 3.05) is 5.75 Å². The molecule has 0 aliphatic carbocycles. The third-order valence-electron chi connectivity index (χ3n) is 1.56. The fourth-order valence-corrected chi connectivity index (χ4v) is 1.37. The summed E-state index contributed by atoms with van der Waals surface area (Å²) in [4.78, 5) is 10.9. The van der Waals surface area contributed by atoms with Gasteiger partial charge < -0.3 is 11.5 Å². The molecule has 0 aliphatic rings. The monoisotopic (exact) mass is 194 g/mol. The highest BCUT2D eigenvalue weighted by atomic mass is 32.1. The highest BCUT2D eigenvalue weighted by Crippen LogP contribution is 2.13. The molecule has 1 atom stereocenters. The Bertz CT molecular complexity index is 150. The molecule has 1 unspecified atom stereocenters. The van der Waals surface area contributed by atoms with Crippen molar-refractivity contribution >= 4 is 31.0 Å². The summed E-state index contributed by atoms with van der Waals surface area (Å²) in [6.07, 6.45) is 0.624. The molecule has 0 aromatic rings. The van der Waals surface area contributed by atoms with E-state index in [0.717, 1.165) is 0 Å². The van der Waals surface area contributed by atoms with Crippen molar-refractivity contribution in [1.82, 2.24) is 0 Å². The summed E-state index contributed by atoms with van der Waals surface area (Å²) in [6.45, 7) is 1.36. The zero-order valence-corrected chi connectivity index (χ0v) is 8.24. The molecule has 0 aromatic heterocycles. The molecular formula is C6H14N2OS2. The lowest BCUT2D eigenvalue weighted by atomic mass is 10.0. The first kappa shape index (κ1) is 11.3. The second-order valence-electron chi connectivity index (χ2n) is 2.52. The lowest BCUT2D eigenvalue weighted by molar-refractivity contribution is -0.121. The smallest absolute Gasteiger partial charge is 0.165 e. The van der Waals surface area contributed by atoms with Crippen LogP contribution in [0.2, 0.25) is 0 Å². The van der Waals surface area contributed by atoms with E-state index in [1.807, 2.05) is 0 Å². The summed E-state index contributed by atoms with van der Waals surface area (Å²) in [5.41, 5.74) is 9.70. The number of rotatable bonds is 4. The third kappa shape index (κ3) is 3.02. The number of Topliss-reactive ketones (excluding diaryl/α,β-unsaturated/α-hetero) is 1. The Morgan fingerprint density at radius 3 is 2.36 bits per heavy atom. The Hall–Kier alpha value is 0.290. The van der Waals surface area contributed by atoms with Crippen LogP contribution in [0.3, 0.4) is 0 Å². The van der Waals surface area contributed by atoms with Gasteiger partial charge in [0.1, 0.15) is 5.66 Å². The molecule has 0 saturated carbocycles. The van der Waals surface area contributed by atoms with Gasteiger partial charge >= 0.3 is 0 Å². The van der Waals surface area contributed by atoms with E-state index in [4.69, 9.17) is 11.5 Å². The van der Waals surface area contributed by atoms with Crippen molar-refractivity contribution < 1.29 is 4.79 Å². The molecule has 0 bridgehead atoms. The summed E-state index contributed by atoms with van der Waals surface area (Å²) < 4.78 is 0. The minimum Gasteiger partial charge on any atom is -0.306 e. The number of carbonyl (C=O) groups is 1.